The van der Waals surface area contributed by atoms with Crippen molar-refractivity contribution in [2.75, 3.05) is 26.0 Å². The number of rotatable bonds is 5. The third kappa shape index (κ3) is 5.26. The Kier molecular flexibility index (Phi) is 7.70. The van der Waals surface area contributed by atoms with E-state index in [9.17, 15) is 4.79 Å². The lowest BCUT2D eigenvalue weighted by Gasteiger charge is -2.08. The van der Waals surface area contributed by atoms with Crippen LogP contribution in [0.1, 0.15) is 6.42 Å². The molecule has 0 aliphatic heterocycles. The number of halogens is 2. The second-order valence-electron chi connectivity index (χ2n) is 3.25. The minimum Gasteiger partial charge on any atom is -0.495 e. The molecule has 0 aliphatic rings. The molecule has 6 heteroatoms. The molecule has 0 aliphatic carbocycles. The third-order valence-electron chi connectivity index (χ3n) is 2.04. The van der Waals surface area contributed by atoms with E-state index in [4.69, 9.17) is 16.3 Å². The molecule has 17 heavy (non-hydrogen) atoms. The highest BCUT2D eigenvalue weighted by molar-refractivity contribution is 6.32. The van der Waals surface area contributed by atoms with Gasteiger partial charge in [0.25, 0.3) is 0 Å². The van der Waals surface area contributed by atoms with Gasteiger partial charge in [-0.05, 0) is 19.2 Å². The smallest absolute Gasteiger partial charge is 0.225 e. The number of amides is 1. The van der Waals surface area contributed by atoms with E-state index in [0.29, 0.717) is 29.4 Å². The van der Waals surface area contributed by atoms with E-state index >= 15 is 0 Å². The topological polar surface area (TPSA) is 50.4 Å². The fraction of sp³-hybridized carbons (Fsp3) is 0.364. The van der Waals surface area contributed by atoms with E-state index in [0.717, 1.165) is 0 Å². The molecule has 0 radical (unpaired) electrons. The van der Waals surface area contributed by atoms with Crippen LogP contribution in [0.15, 0.2) is 18.2 Å². The van der Waals surface area contributed by atoms with E-state index in [-0.39, 0.29) is 18.3 Å². The van der Waals surface area contributed by atoms with E-state index in [1.807, 2.05) is 0 Å². The Labute approximate surface area is 112 Å². The second-order valence-corrected chi connectivity index (χ2v) is 3.66. The summed E-state index contributed by atoms with van der Waals surface area (Å²) in [5.74, 6) is 0.506. The van der Waals surface area contributed by atoms with Crippen LogP contribution in [0.2, 0.25) is 5.02 Å². The summed E-state index contributed by atoms with van der Waals surface area (Å²) in [6.07, 6.45) is 0.432. The maximum absolute atomic E-state index is 11.4. The molecule has 0 saturated carbocycles. The van der Waals surface area contributed by atoms with Crippen molar-refractivity contribution in [2.45, 2.75) is 6.42 Å². The number of hydrogen-bond acceptors (Lipinski definition) is 3. The molecule has 0 aromatic heterocycles. The van der Waals surface area contributed by atoms with Gasteiger partial charge >= 0.3 is 0 Å². The molecule has 0 unspecified atom stereocenters. The Hall–Kier alpha value is -0.970. The number of anilines is 1. The lowest BCUT2D eigenvalue weighted by atomic mass is 10.3. The van der Waals surface area contributed by atoms with Gasteiger partial charge in [-0.1, -0.05) is 11.6 Å². The number of methoxy groups -OCH3 is 1. The zero-order valence-electron chi connectivity index (χ0n) is 9.75. The molecule has 2 N–H and O–H groups in total. The van der Waals surface area contributed by atoms with Crippen molar-refractivity contribution >= 4 is 35.6 Å². The van der Waals surface area contributed by atoms with E-state index in [1.54, 1.807) is 25.2 Å². The molecule has 4 nitrogen and oxygen atoms in total. The minimum atomic E-state index is -0.0428. The molecule has 96 valence electrons. The number of carbonyl (C=O) groups is 1. The predicted octanol–water partition coefficient (Wildman–Crippen LogP) is 2.32. The number of hydrogen-bond donors (Lipinski definition) is 2. The first-order valence-electron chi connectivity index (χ1n) is 4.95. The summed E-state index contributed by atoms with van der Waals surface area (Å²) in [6, 6.07) is 5.12. The first-order valence-corrected chi connectivity index (χ1v) is 5.33. The van der Waals surface area contributed by atoms with Crippen LogP contribution in [-0.4, -0.2) is 26.6 Å². The highest BCUT2D eigenvalue weighted by Crippen LogP contribution is 2.27. The molecule has 0 spiro atoms. The molecule has 0 saturated heterocycles. The minimum absolute atomic E-state index is 0. The molecular formula is C11H16Cl2N2O2. The Morgan fingerprint density at radius 3 is 2.76 bits per heavy atom. The van der Waals surface area contributed by atoms with E-state index in [1.165, 1.54) is 7.11 Å². The molecule has 1 aromatic carbocycles. The van der Waals surface area contributed by atoms with Crippen molar-refractivity contribution in [1.82, 2.24) is 5.32 Å². The van der Waals surface area contributed by atoms with E-state index < -0.39 is 0 Å². The SMILES string of the molecule is CNCCC(=O)Nc1ccc(Cl)c(OC)c1.Cl. The van der Waals surface area contributed by atoms with Crippen molar-refractivity contribution in [3.05, 3.63) is 23.2 Å². The third-order valence-corrected chi connectivity index (χ3v) is 2.35. The van der Waals surface area contributed by atoms with Crippen LogP contribution in [0.4, 0.5) is 5.69 Å². The second kappa shape index (κ2) is 8.17. The average Bonchev–Trinajstić information content (AvgIpc) is 2.29. The summed E-state index contributed by atoms with van der Waals surface area (Å²) in [5.41, 5.74) is 0.683. The Balaban J connectivity index is 0.00000256. The van der Waals surface area contributed by atoms with Gasteiger partial charge in [-0.2, -0.15) is 0 Å². The number of ether oxygens (including phenoxy) is 1. The lowest BCUT2D eigenvalue weighted by molar-refractivity contribution is -0.116. The Morgan fingerprint density at radius 1 is 1.47 bits per heavy atom. The predicted molar refractivity (Wildman–Crippen MR) is 72.4 cm³/mol. The fourth-order valence-electron chi connectivity index (χ4n) is 1.20. The average molecular weight is 279 g/mol. The normalized spacial score (nSPS) is 9.35. The van der Waals surface area contributed by atoms with Gasteiger partial charge in [-0.25, -0.2) is 0 Å². The number of carbonyl (C=O) groups excluding carboxylic acids is 1. The van der Waals surface area contributed by atoms with Crippen LogP contribution in [0, 0.1) is 0 Å². The fourth-order valence-corrected chi connectivity index (χ4v) is 1.39. The number of nitrogens with one attached hydrogen (secondary N) is 2. The summed E-state index contributed by atoms with van der Waals surface area (Å²) in [4.78, 5) is 11.4. The molecule has 0 fully saturated rings. The van der Waals surface area contributed by atoms with Crippen molar-refractivity contribution in [1.29, 1.82) is 0 Å². The lowest BCUT2D eigenvalue weighted by Crippen LogP contribution is -2.18. The van der Waals surface area contributed by atoms with Gasteiger partial charge in [-0.3, -0.25) is 4.79 Å². The van der Waals surface area contributed by atoms with Gasteiger partial charge in [0, 0.05) is 24.7 Å². The zero-order chi connectivity index (χ0) is 12.0. The van der Waals surface area contributed by atoms with Gasteiger partial charge in [-0.15, -0.1) is 12.4 Å². The van der Waals surface area contributed by atoms with Crippen molar-refractivity contribution in [3.63, 3.8) is 0 Å². The largest absolute Gasteiger partial charge is 0.495 e. The van der Waals surface area contributed by atoms with Crippen LogP contribution in [0.25, 0.3) is 0 Å². The highest BCUT2D eigenvalue weighted by Gasteiger charge is 2.05. The van der Waals surface area contributed by atoms with Crippen LogP contribution < -0.4 is 15.4 Å². The summed E-state index contributed by atoms with van der Waals surface area (Å²) < 4.78 is 5.05. The summed E-state index contributed by atoms with van der Waals surface area (Å²) in [7, 11) is 3.34. The van der Waals surface area contributed by atoms with Crippen molar-refractivity contribution < 1.29 is 9.53 Å². The Morgan fingerprint density at radius 2 is 2.18 bits per heavy atom. The molecule has 1 aromatic rings. The Bertz CT molecular complexity index is 372. The van der Waals surface area contributed by atoms with Crippen LogP contribution in [0.5, 0.6) is 5.75 Å². The summed E-state index contributed by atoms with van der Waals surface area (Å²) in [6.45, 7) is 0.649. The van der Waals surface area contributed by atoms with Crippen LogP contribution in [0.3, 0.4) is 0 Å². The maximum atomic E-state index is 11.4. The van der Waals surface area contributed by atoms with Gasteiger partial charge in [0.1, 0.15) is 5.75 Å². The first-order chi connectivity index (χ1) is 7.67. The zero-order valence-corrected chi connectivity index (χ0v) is 11.3. The number of benzene rings is 1. The van der Waals surface area contributed by atoms with Gasteiger partial charge in [0.15, 0.2) is 0 Å². The molecular weight excluding hydrogens is 263 g/mol. The van der Waals surface area contributed by atoms with Gasteiger partial charge in [0.05, 0.1) is 12.1 Å². The standard InChI is InChI=1S/C11H15ClN2O2.ClH/c1-13-6-5-11(15)14-8-3-4-9(12)10(7-8)16-2;/h3-4,7,13H,5-6H2,1-2H3,(H,14,15);1H. The molecule has 0 bridgehead atoms. The van der Waals surface area contributed by atoms with Crippen LogP contribution >= 0.6 is 24.0 Å². The quantitative estimate of drug-likeness (QED) is 0.869. The van der Waals surface area contributed by atoms with E-state index in [2.05, 4.69) is 10.6 Å². The van der Waals surface area contributed by atoms with Gasteiger partial charge in [0.2, 0.25) is 5.91 Å². The summed E-state index contributed by atoms with van der Waals surface area (Å²) >= 11 is 5.87. The molecule has 1 amide bonds. The highest BCUT2D eigenvalue weighted by atomic mass is 35.5. The first kappa shape index (κ1) is 16.0. The molecule has 0 atom stereocenters. The monoisotopic (exact) mass is 278 g/mol. The van der Waals surface area contributed by atoms with Gasteiger partial charge < -0.3 is 15.4 Å². The van der Waals surface area contributed by atoms with Crippen molar-refractivity contribution in [3.8, 4) is 5.75 Å². The summed E-state index contributed by atoms with van der Waals surface area (Å²) in [5, 5.41) is 6.19. The molecule has 1 rings (SSSR count). The van der Waals surface area contributed by atoms with Crippen LogP contribution in [-0.2, 0) is 4.79 Å². The maximum Gasteiger partial charge on any atom is 0.225 e. The molecule has 0 heterocycles. The van der Waals surface area contributed by atoms with Crippen molar-refractivity contribution in [2.24, 2.45) is 0 Å².